The molecule has 1 aliphatic carbocycles. The summed E-state index contributed by atoms with van der Waals surface area (Å²) in [6.07, 6.45) is 2.26. The fourth-order valence-corrected chi connectivity index (χ4v) is 4.32. The van der Waals surface area contributed by atoms with E-state index in [9.17, 15) is 9.59 Å². The third-order valence-electron chi connectivity index (χ3n) is 6.34. The van der Waals surface area contributed by atoms with Crippen LogP contribution >= 0.6 is 0 Å². The van der Waals surface area contributed by atoms with Crippen LogP contribution in [-0.2, 0) is 9.59 Å². The number of hydrazone groups is 1. The highest BCUT2D eigenvalue weighted by Crippen LogP contribution is 2.40. The van der Waals surface area contributed by atoms with E-state index in [1.807, 2.05) is 30.3 Å². The zero-order valence-electron chi connectivity index (χ0n) is 19.4. The summed E-state index contributed by atoms with van der Waals surface area (Å²) in [6, 6.07) is 10.8. The fourth-order valence-electron chi connectivity index (χ4n) is 4.32. The van der Waals surface area contributed by atoms with Crippen molar-refractivity contribution in [3.05, 3.63) is 47.5 Å². The van der Waals surface area contributed by atoms with Crippen molar-refractivity contribution in [2.45, 2.75) is 25.3 Å². The molecule has 2 aromatic carbocycles. The molecule has 0 saturated heterocycles. The van der Waals surface area contributed by atoms with Crippen LogP contribution in [0.5, 0.6) is 23.0 Å². The van der Waals surface area contributed by atoms with Crippen LogP contribution in [0.25, 0.3) is 0 Å². The maximum atomic E-state index is 13.4. The first kappa shape index (κ1) is 22.1. The summed E-state index contributed by atoms with van der Waals surface area (Å²) in [4.78, 5) is 27.3. The zero-order chi connectivity index (χ0) is 23.8. The van der Waals surface area contributed by atoms with Gasteiger partial charge in [-0.1, -0.05) is 6.07 Å². The van der Waals surface area contributed by atoms with Crippen molar-refractivity contribution in [1.29, 1.82) is 0 Å². The molecule has 3 aliphatic rings. The van der Waals surface area contributed by atoms with E-state index in [-0.39, 0.29) is 37.1 Å². The van der Waals surface area contributed by atoms with Crippen molar-refractivity contribution in [3.63, 3.8) is 0 Å². The van der Waals surface area contributed by atoms with Crippen molar-refractivity contribution in [1.82, 2.24) is 9.91 Å². The number of likely N-dealkylation sites (N-methyl/N-ethyl adjacent to an activating group) is 1. The van der Waals surface area contributed by atoms with Crippen LogP contribution in [0.1, 0.15) is 36.4 Å². The zero-order valence-corrected chi connectivity index (χ0v) is 19.4. The fraction of sp³-hybridized carbons (Fsp3) is 0.400. The second kappa shape index (κ2) is 8.89. The molecular formula is C25H27N3O6. The van der Waals surface area contributed by atoms with E-state index in [0.29, 0.717) is 35.1 Å². The summed E-state index contributed by atoms with van der Waals surface area (Å²) in [5.41, 5.74) is 2.37. The first-order valence-corrected chi connectivity index (χ1v) is 11.2. The molecule has 1 atom stereocenters. The van der Waals surface area contributed by atoms with Gasteiger partial charge in [0.25, 0.3) is 5.91 Å². The lowest BCUT2D eigenvalue weighted by Crippen LogP contribution is -2.39. The van der Waals surface area contributed by atoms with E-state index in [1.165, 1.54) is 9.91 Å². The van der Waals surface area contributed by atoms with Crippen LogP contribution in [0, 0.1) is 5.92 Å². The number of amides is 2. The molecule has 9 heteroatoms. The topological polar surface area (TPSA) is 89.9 Å². The monoisotopic (exact) mass is 465 g/mol. The van der Waals surface area contributed by atoms with E-state index in [0.717, 1.165) is 24.0 Å². The molecule has 0 spiro atoms. The number of nitrogens with zero attached hydrogens (tertiary/aromatic N) is 3. The molecule has 1 saturated carbocycles. The lowest BCUT2D eigenvalue weighted by atomic mass is 9.97. The Kier molecular flexibility index (Phi) is 5.77. The van der Waals surface area contributed by atoms with Crippen molar-refractivity contribution in [3.8, 4) is 23.0 Å². The van der Waals surface area contributed by atoms with Gasteiger partial charge in [-0.25, -0.2) is 5.01 Å². The SMILES string of the molecule is COc1ccc(C2=NN(C(=O)CN(C)C(=O)C3CC3)C(c3ccc4c(c3)OCO4)C2)c(OC)c1. The third kappa shape index (κ3) is 4.13. The van der Waals surface area contributed by atoms with Crippen molar-refractivity contribution in [2.24, 2.45) is 11.0 Å². The lowest BCUT2D eigenvalue weighted by molar-refractivity contribution is -0.141. The van der Waals surface area contributed by atoms with E-state index in [1.54, 1.807) is 27.3 Å². The summed E-state index contributed by atoms with van der Waals surface area (Å²) < 4.78 is 21.9. The largest absolute Gasteiger partial charge is 0.497 e. The number of carbonyl (C=O) groups is 2. The van der Waals surface area contributed by atoms with Crippen molar-refractivity contribution >= 4 is 17.5 Å². The number of rotatable bonds is 7. The van der Waals surface area contributed by atoms with E-state index in [4.69, 9.17) is 24.0 Å². The molecule has 2 aliphatic heterocycles. The molecule has 2 aromatic rings. The predicted octanol–water partition coefficient (Wildman–Crippen LogP) is 2.98. The Balaban J connectivity index is 1.46. The van der Waals surface area contributed by atoms with Gasteiger partial charge in [-0.2, -0.15) is 5.10 Å². The molecule has 0 N–H and O–H groups in total. The normalized spacial score (nSPS) is 18.5. The highest BCUT2D eigenvalue weighted by Gasteiger charge is 2.37. The summed E-state index contributed by atoms with van der Waals surface area (Å²) in [7, 11) is 4.85. The van der Waals surface area contributed by atoms with E-state index >= 15 is 0 Å². The Morgan fingerprint density at radius 3 is 2.62 bits per heavy atom. The molecule has 1 fully saturated rings. The Hall–Kier alpha value is -3.75. The summed E-state index contributed by atoms with van der Waals surface area (Å²) >= 11 is 0. The molecule has 0 radical (unpaired) electrons. The van der Waals surface area contributed by atoms with Gasteiger partial charge >= 0.3 is 0 Å². The van der Waals surface area contributed by atoms with Gasteiger partial charge in [0, 0.05) is 31.0 Å². The molecule has 9 nitrogen and oxygen atoms in total. The average molecular weight is 466 g/mol. The van der Waals surface area contributed by atoms with Gasteiger partial charge in [-0.15, -0.1) is 0 Å². The van der Waals surface area contributed by atoms with Gasteiger partial charge in [0.1, 0.15) is 18.0 Å². The van der Waals surface area contributed by atoms with Crippen LogP contribution in [0.3, 0.4) is 0 Å². The number of benzene rings is 2. The van der Waals surface area contributed by atoms with Crippen LogP contribution in [-0.4, -0.2) is 62.0 Å². The summed E-state index contributed by atoms with van der Waals surface area (Å²) in [6.45, 7) is 0.137. The minimum atomic E-state index is -0.353. The lowest BCUT2D eigenvalue weighted by Gasteiger charge is -2.25. The van der Waals surface area contributed by atoms with Crippen LogP contribution in [0.2, 0.25) is 0 Å². The van der Waals surface area contributed by atoms with Crippen LogP contribution in [0.4, 0.5) is 0 Å². The Bertz CT molecular complexity index is 1160. The second-order valence-corrected chi connectivity index (χ2v) is 8.65. The molecule has 178 valence electrons. The van der Waals surface area contributed by atoms with Gasteiger partial charge < -0.3 is 23.8 Å². The number of ether oxygens (including phenoxy) is 4. The van der Waals surface area contributed by atoms with Crippen molar-refractivity contribution in [2.75, 3.05) is 34.6 Å². The standard InChI is InChI=1S/C25H27N3O6/c1-27(25(30)15-4-5-15)13-24(29)28-20(16-6-9-21-23(10-16)34-14-33-21)12-19(26-28)18-8-7-17(31-2)11-22(18)32-3/h6-11,15,20H,4-5,12-14H2,1-3H3. The Morgan fingerprint density at radius 2 is 1.88 bits per heavy atom. The number of hydrogen-bond acceptors (Lipinski definition) is 7. The Labute approximate surface area is 197 Å². The molecule has 1 unspecified atom stereocenters. The Morgan fingerprint density at radius 1 is 1.09 bits per heavy atom. The molecule has 2 amide bonds. The number of fused-ring (bicyclic) bond motifs is 1. The van der Waals surface area contributed by atoms with Gasteiger partial charge in [0.05, 0.1) is 26.0 Å². The quantitative estimate of drug-likeness (QED) is 0.625. The van der Waals surface area contributed by atoms with E-state index in [2.05, 4.69) is 0 Å². The smallest absolute Gasteiger partial charge is 0.262 e. The van der Waals surface area contributed by atoms with Crippen LogP contribution in [0.15, 0.2) is 41.5 Å². The van der Waals surface area contributed by atoms with Crippen LogP contribution < -0.4 is 18.9 Å². The molecule has 2 heterocycles. The average Bonchev–Trinajstić information content (AvgIpc) is 3.43. The minimum absolute atomic E-state index is 0.00760. The maximum Gasteiger partial charge on any atom is 0.262 e. The van der Waals surface area contributed by atoms with Gasteiger partial charge in [0.15, 0.2) is 11.5 Å². The number of hydrogen-bond donors (Lipinski definition) is 0. The third-order valence-corrected chi connectivity index (χ3v) is 6.34. The highest BCUT2D eigenvalue weighted by atomic mass is 16.7. The minimum Gasteiger partial charge on any atom is -0.497 e. The molecule has 34 heavy (non-hydrogen) atoms. The summed E-state index contributed by atoms with van der Waals surface area (Å²) in [5, 5.41) is 6.20. The molecule has 0 bridgehead atoms. The second-order valence-electron chi connectivity index (χ2n) is 8.65. The summed E-state index contributed by atoms with van der Waals surface area (Å²) in [5.74, 6) is 2.39. The van der Waals surface area contributed by atoms with Gasteiger partial charge in [-0.3, -0.25) is 9.59 Å². The first-order valence-electron chi connectivity index (χ1n) is 11.2. The maximum absolute atomic E-state index is 13.4. The van der Waals surface area contributed by atoms with E-state index < -0.39 is 0 Å². The number of carbonyl (C=O) groups excluding carboxylic acids is 2. The molecule has 5 rings (SSSR count). The number of methoxy groups -OCH3 is 2. The van der Waals surface area contributed by atoms with Crippen molar-refractivity contribution < 1.29 is 28.5 Å². The molecule has 0 aromatic heterocycles. The van der Waals surface area contributed by atoms with Gasteiger partial charge in [-0.05, 0) is 42.7 Å². The van der Waals surface area contributed by atoms with Gasteiger partial charge in [0.2, 0.25) is 12.7 Å². The highest BCUT2D eigenvalue weighted by molar-refractivity contribution is 6.05. The predicted molar refractivity (Wildman–Crippen MR) is 123 cm³/mol. The first-order chi connectivity index (χ1) is 16.5. The molecular weight excluding hydrogens is 438 g/mol.